The van der Waals surface area contributed by atoms with Crippen molar-refractivity contribution in [1.29, 1.82) is 0 Å². The average Bonchev–Trinajstić information content (AvgIpc) is 2.27. The van der Waals surface area contributed by atoms with E-state index < -0.39 is 0 Å². The van der Waals surface area contributed by atoms with E-state index in [4.69, 9.17) is 11.6 Å². The van der Waals surface area contributed by atoms with Gasteiger partial charge >= 0.3 is 0 Å². The minimum absolute atomic E-state index is 0.255. The van der Waals surface area contributed by atoms with Gasteiger partial charge in [0.25, 0.3) is 0 Å². The summed E-state index contributed by atoms with van der Waals surface area (Å²) in [6.07, 6.45) is 0. The zero-order valence-corrected chi connectivity index (χ0v) is 10.9. The van der Waals surface area contributed by atoms with Crippen LogP contribution in [0.25, 0.3) is 11.1 Å². The SMILES string of the molecule is Cc1ccc(Cl)c(-c2ccc(Br)cc2)c1F. The van der Waals surface area contributed by atoms with E-state index in [9.17, 15) is 4.39 Å². The minimum Gasteiger partial charge on any atom is -0.206 e. The van der Waals surface area contributed by atoms with Gasteiger partial charge in [0.2, 0.25) is 0 Å². The first-order chi connectivity index (χ1) is 7.59. The van der Waals surface area contributed by atoms with Gasteiger partial charge in [-0.15, -0.1) is 0 Å². The third kappa shape index (κ3) is 2.13. The summed E-state index contributed by atoms with van der Waals surface area (Å²) in [5.41, 5.74) is 1.85. The molecule has 0 aliphatic rings. The van der Waals surface area contributed by atoms with Crippen molar-refractivity contribution in [2.45, 2.75) is 6.92 Å². The summed E-state index contributed by atoms with van der Waals surface area (Å²) in [6.45, 7) is 1.73. The Morgan fingerprint density at radius 3 is 2.31 bits per heavy atom. The van der Waals surface area contributed by atoms with Gasteiger partial charge in [0.1, 0.15) is 5.82 Å². The van der Waals surface area contributed by atoms with Crippen molar-refractivity contribution in [3.8, 4) is 11.1 Å². The van der Waals surface area contributed by atoms with Gasteiger partial charge in [-0.25, -0.2) is 4.39 Å². The van der Waals surface area contributed by atoms with E-state index in [0.717, 1.165) is 10.0 Å². The second kappa shape index (κ2) is 4.56. The number of hydrogen-bond acceptors (Lipinski definition) is 0. The van der Waals surface area contributed by atoms with Gasteiger partial charge in [-0.3, -0.25) is 0 Å². The Bertz CT molecular complexity index is 520. The van der Waals surface area contributed by atoms with Gasteiger partial charge in [0.05, 0.1) is 5.02 Å². The molecule has 0 unspecified atom stereocenters. The lowest BCUT2D eigenvalue weighted by atomic mass is 10.0. The second-order valence-electron chi connectivity index (χ2n) is 3.56. The first-order valence-corrected chi connectivity index (χ1v) is 5.97. The van der Waals surface area contributed by atoms with Crippen LogP contribution in [0.4, 0.5) is 4.39 Å². The molecule has 0 saturated carbocycles. The Hall–Kier alpha value is -0.860. The Kier molecular flexibility index (Phi) is 3.31. The van der Waals surface area contributed by atoms with E-state index in [1.807, 2.05) is 24.3 Å². The van der Waals surface area contributed by atoms with E-state index in [0.29, 0.717) is 16.1 Å². The molecule has 2 rings (SSSR count). The fourth-order valence-electron chi connectivity index (χ4n) is 1.54. The molecule has 2 aromatic rings. The standard InChI is InChI=1S/C13H9BrClF/c1-8-2-7-11(15)12(13(8)16)9-3-5-10(14)6-4-9/h2-7H,1H3. The minimum atomic E-state index is -0.255. The molecule has 0 heterocycles. The molecular formula is C13H9BrClF. The molecule has 0 saturated heterocycles. The van der Waals surface area contributed by atoms with Gasteiger partial charge in [-0.2, -0.15) is 0 Å². The number of aryl methyl sites for hydroxylation is 1. The molecule has 0 aromatic heterocycles. The number of halogens is 3. The molecule has 0 radical (unpaired) electrons. The van der Waals surface area contributed by atoms with Gasteiger partial charge in [-0.05, 0) is 36.2 Å². The van der Waals surface area contributed by atoms with Crippen LogP contribution in [-0.4, -0.2) is 0 Å². The molecule has 0 N–H and O–H groups in total. The van der Waals surface area contributed by atoms with Crippen LogP contribution in [-0.2, 0) is 0 Å². The normalized spacial score (nSPS) is 10.5. The van der Waals surface area contributed by atoms with Crippen LogP contribution in [0.2, 0.25) is 5.02 Å². The van der Waals surface area contributed by atoms with Gasteiger partial charge in [0.15, 0.2) is 0 Å². The summed E-state index contributed by atoms with van der Waals surface area (Å²) in [5, 5.41) is 0.436. The number of rotatable bonds is 1. The molecule has 0 bridgehead atoms. The lowest BCUT2D eigenvalue weighted by Gasteiger charge is -2.08. The molecule has 0 amide bonds. The summed E-state index contributed by atoms with van der Waals surface area (Å²) in [5.74, 6) is -0.255. The van der Waals surface area contributed by atoms with Crippen molar-refractivity contribution in [1.82, 2.24) is 0 Å². The smallest absolute Gasteiger partial charge is 0.135 e. The van der Waals surface area contributed by atoms with Crippen LogP contribution in [0.1, 0.15) is 5.56 Å². The zero-order valence-electron chi connectivity index (χ0n) is 8.60. The lowest BCUT2D eigenvalue weighted by Crippen LogP contribution is -1.89. The van der Waals surface area contributed by atoms with Gasteiger partial charge < -0.3 is 0 Å². The Morgan fingerprint density at radius 2 is 1.69 bits per heavy atom. The third-order valence-electron chi connectivity index (χ3n) is 2.42. The van der Waals surface area contributed by atoms with Crippen LogP contribution >= 0.6 is 27.5 Å². The van der Waals surface area contributed by atoms with Crippen LogP contribution in [0.5, 0.6) is 0 Å². The Morgan fingerprint density at radius 1 is 1.06 bits per heavy atom. The topological polar surface area (TPSA) is 0 Å². The highest BCUT2D eigenvalue weighted by Crippen LogP contribution is 2.32. The summed E-state index contributed by atoms with van der Waals surface area (Å²) < 4.78 is 14.9. The lowest BCUT2D eigenvalue weighted by molar-refractivity contribution is 0.622. The fourth-order valence-corrected chi connectivity index (χ4v) is 2.06. The molecule has 16 heavy (non-hydrogen) atoms. The highest BCUT2D eigenvalue weighted by molar-refractivity contribution is 9.10. The van der Waals surface area contributed by atoms with Crippen molar-refractivity contribution in [2.75, 3.05) is 0 Å². The molecule has 0 aliphatic carbocycles. The summed E-state index contributed by atoms with van der Waals surface area (Å²) in [7, 11) is 0. The van der Waals surface area contributed by atoms with E-state index >= 15 is 0 Å². The molecular weight excluding hydrogens is 290 g/mol. The predicted octanol–water partition coefficient (Wildman–Crippen LogP) is 5.22. The molecule has 0 aliphatic heterocycles. The molecule has 0 atom stereocenters. The third-order valence-corrected chi connectivity index (χ3v) is 3.26. The number of benzene rings is 2. The summed E-state index contributed by atoms with van der Waals surface area (Å²) in [6, 6.07) is 10.8. The molecule has 82 valence electrons. The van der Waals surface area contributed by atoms with Gasteiger partial charge in [0, 0.05) is 10.0 Å². The van der Waals surface area contributed by atoms with Crippen LogP contribution < -0.4 is 0 Å². The van der Waals surface area contributed by atoms with E-state index in [2.05, 4.69) is 15.9 Å². The first-order valence-electron chi connectivity index (χ1n) is 4.80. The molecule has 0 nitrogen and oxygen atoms in total. The quantitative estimate of drug-likeness (QED) is 0.677. The van der Waals surface area contributed by atoms with Gasteiger partial charge in [-0.1, -0.05) is 45.7 Å². The second-order valence-corrected chi connectivity index (χ2v) is 4.88. The highest BCUT2D eigenvalue weighted by Gasteiger charge is 2.11. The average molecular weight is 300 g/mol. The fraction of sp³-hybridized carbons (Fsp3) is 0.0769. The summed E-state index contributed by atoms with van der Waals surface area (Å²) in [4.78, 5) is 0. The maximum Gasteiger partial charge on any atom is 0.135 e. The van der Waals surface area contributed by atoms with Crippen LogP contribution in [0.15, 0.2) is 40.9 Å². The van der Waals surface area contributed by atoms with Crippen LogP contribution in [0, 0.1) is 12.7 Å². The zero-order chi connectivity index (χ0) is 11.7. The van der Waals surface area contributed by atoms with Crippen molar-refractivity contribution in [2.24, 2.45) is 0 Å². The van der Waals surface area contributed by atoms with Crippen molar-refractivity contribution in [3.05, 3.63) is 57.3 Å². The maximum atomic E-state index is 14.0. The molecule has 2 aromatic carbocycles. The monoisotopic (exact) mass is 298 g/mol. The molecule has 3 heteroatoms. The van der Waals surface area contributed by atoms with Crippen molar-refractivity contribution in [3.63, 3.8) is 0 Å². The largest absolute Gasteiger partial charge is 0.206 e. The predicted molar refractivity (Wildman–Crippen MR) is 69.3 cm³/mol. The van der Waals surface area contributed by atoms with Crippen LogP contribution in [0.3, 0.4) is 0 Å². The molecule has 0 fully saturated rings. The van der Waals surface area contributed by atoms with E-state index in [-0.39, 0.29) is 5.82 Å². The highest BCUT2D eigenvalue weighted by atomic mass is 79.9. The maximum absolute atomic E-state index is 14.0. The van der Waals surface area contributed by atoms with Crippen molar-refractivity contribution < 1.29 is 4.39 Å². The first kappa shape index (κ1) is 11.6. The van der Waals surface area contributed by atoms with E-state index in [1.54, 1.807) is 19.1 Å². The molecule has 0 spiro atoms. The number of hydrogen-bond donors (Lipinski definition) is 0. The van der Waals surface area contributed by atoms with E-state index in [1.165, 1.54) is 0 Å². The Labute approximate surface area is 107 Å². The Balaban J connectivity index is 2.63. The van der Waals surface area contributed by atoms with Crippen molar-refractivity contribution >= 4 is 27.5 Å². The summed E-state index contributed by atoms with van der Waals surface area (Å²) >= 11 is 9.37.